The van der Waals surface area contributed by atoms with Gasteiger partial charge in [-0.3, -0.25) is 0 Å². The van der Waals surface area contributed by atoms with Gasteiger partial charge in [-0.2, -0.15) is 0 Å². The Labute approximate surface area is 127 Å². The normalized spacial score (nSPS) is 22.0. The van der Waals surface area contributed by atoms with Crippen LogP contribution in [0.1, 0.15) is 34.5 Å². The van der Waals surface area contributed by atoms with Crippen LogP contribution >= 0.6 is 11.3 Å². The van der Waals surface area contributed by atoms with E-state index in [0.717, 1.165) is 34.9 Å². The average molecular weight is 305 g/mol. The number of hydrogen-bond donors (Lipinski definition) is 3. The van der Waals surface area contributed by atoms with Gasteiger partial charge in [-0.05, 0) is 35.8 Å². The van der Waals surface area contributed by atoms with E-state index in [-0.39, 0.29) is 12.6 Å². The molecular formula is C16H19NO3S. The summed E-state index contributed by atoms with van der Waals surface area (Å²) in [4.78, 5) is 11.9. The van der Waals surface area contributed by atoms with Gasteiger partial charge in [-0.25, -0.2) is 4.79 Å². The highest BCUT2D eigenvalue weighted by molar-refractivity contribution is 7.21. The van der Waals surface area contributed by atoms with Crippen molar-refractivity contribution in [3.05, 3.63) is 34.7 Å². The number of thiophene rings is 1. The van der Waals surface area contributed by atoms with E-state index in [4.69, 9.17) is 0 Å². The predicted molar refractivity (Wildman–Crippen MR) is 83.8 cm³/mol. The molecule has 3 rings (SSSR count). The first kappa shape index (κ1) is 14.5. The van der Waals surface area contributed by atoms with Gasteiger partial charge in [-0.15, -0.1) is 11.3 Å². The number of nitrogens with one attached hydrogen (secondary N) is 1. The molecule has 112 valence electrons. The minimum Gasteiger partial charge on any atom is -0.477 e. The highest BCUT2D eigenvalue weighted by Crippen LogP contribution is 2.32. The average Bonchev–Trinajstić information content (AvgIpc) is 3.08. The monoisotopic (exact) mass is 305 g/mol. The van der Waals surface area contributed by atoms with Crippen molar-refractivity contribution in [1.29, 1.82) is 0 Å². The van der Waals surface area contributed by atoms with Crippen LogP contribution in [0.3, 0.4) is 0 Å². The number of aromatic carboxylic acids is 1. The van der Waals surface area contributed by atoms with Crippen LogP contribution in [0.4, 0.5) is 0 Å². The Morgan fingerprint density at radius 1 is 1.33 bits per heavy atom. The molecule has 0 radical (unpaired) electrons. The summed E-state index contributed by atoms with van der Waals surface area (Å²) in [5.41, 5.74) is 0.867. The molecule has 0 amide bonds. The fraction of sp³-hybridized carbons (Fsp3) is 0.438. The zero-order valence-corrected chi connectivity index (χ0v) is 12.5. The summed E-state index contributed by atoms with van der Waals surface area (Å²) >= 11 is 1.33. The molecule has 4 nitrogen and oxygen atoms in total. The Morgan fingerprint density at radius 3 is 2.90 bits per heavy atom. The van der Waals surface area contributed by atoms with Gasteiger partial charge < -0.3 is 15.5 Å². The molecule has 3 N–H and O–H groups in total. The molecule has 1 heterocycles. The lowest BCUT2D eigenvalue weighted by Gasteiger charge is -2.19. The molecular weight excluding hydrogens is 286 g/mol. The first-order valence-corrected chi connectivity index (χ1v) is 8.10. The third-order valence-electron chi connectivity index (χ3n) is 4.33. The van der Waals surface area contributed by atoms with Crippen LogP contribution in [0.2, 0.25) is 0 Å². The SMILES string of the molecule is O=C(O)c1sc2ccccc2c1CNC1CCCC1CO. The molecule has 1 aliphatic carbocycles. The summed E-state index contributed by atoms with van der Waals surface area (Å²) in [6.07, 6.45) is 3.22. The molecule has 1 aliphatic rings. The minimum atomic E-state index is -0.863. The number of carboxylic acids is 1. The van der Waals surface area contributed by atoms with Crippen LogP contribution in [0.5, 0.6) is 0 Å². The van der Waals surface area contributed by atoms with Crippen molar-refractivity contribution in [2.24, 2.45) is 5.92 Å². The molecule has 1 saturated carbocycles. The van der Waals surface area contributed by atoms with E-state index in [1.54, 1.807) is 0 Å². The first-order valence-electron chi connectivity index (χ1n) is 7.28. The fourth-order valence-electron chi connectivity index (χ4n) is 3.20. The third kappa shape index (κ3) is 2.81. The summed E-state index contributed by atoms with van der Waals surface area (Å²) in [5.74, 6) is -0.568. The van der Waals surface area contributed by atoms with E-state index in [0.29, 0.717) is 17.3 Å². The molecule has 2 unspecified atom stereocenters. The number of carboxylic acid groups (broad SMARTS) is 1. The molecule has 0 spiro atoms. The Hall–Kier alpha value is -1.43. The molecule has 0 bridgehead atoms. The summed E-state index contributed by atoms with van der Waals surface area (Å²) in [6.45, 7) is 0.751. The topological polar surface area (TPSA) is 69.6 Å². The number of aliphatic hydroxyl groups is 1. The van der Waals surface area contributed by atoms with Crippen LogP contribution < -0.4 is 5.32 Å². The predicted octanol–water partition coefficient (Wildman–Crippen LogP) is 2.85. The molecule has 0 saturated heterocycles. The number of fused-ring (bicyclic) bond motifs is 1. The van der Waals surface area contributed by atoms with Crippen molar-refractivity contribution in [1.82, 2.24) is 5.32 Å². The van der Waals surface area contributed by atoms with Gasteiger partial charge in [0.05, 0.1) is 0 Å². The fourth-order valence-corrected chi connectivity index (χ4v) is 4.26. The smallest absolute Gasteiger partial charge is 0.346 e. The Kier molecular flexibility index (Phi) is 4.24. The number of benzene rings is 1. The zero-order chi connectivity index (χ0) is 14.8. The van der Waals surface area contributed by atoms with Crippen LogP contribution in [0, 0.1) is 5.92 Å². The van der Waals surface area contributed by atoms with Crippen LogP contribution in [-0.4, -0.2) is 28.8 Å². The Balaban J connectivity index is 1.85. The van der Waals surface area contributed by atoms with Crippen molar-refractivity contribution in [2.75, 3.05) is 6.61 Å². The maximum atomic E-state index is 11.5. The van der Waals surface area contributed by atoms with Crippen molar-refractivity contribution in [2.45, 2.75) is 31.8 Å². The lowest BCUT2D eigenvalue weighted by atomic mass is 10.0. The summed E-state index contributed by atoms with van der Waals surface area (Å²) in [7, 11) is 0. The van der Waals surface area contributed by atoms with Gasteiger partial charge in [0.25, 0.3) is 0 Å². The zero-order valence-electron chi connectivity index (χ0n) is 11.7. The molecule has 5 heteroatoms. The molecule has 2 atom stereocenters. The van der Waals surface area contributed by atoms with Gasteiger partial charge in [0.15, 0.2) is 0 Å². The quantitative estimate of drug-likeness (QED) is 0.794. The Morgan fingerprint density at radius 2 is 2.14 bits per heavy atom. The van der Waals surface area contributed by atoms with Gasteiger partial charge in [-0.1, -0.05) is 24.6 Å². The van der Waals surface area contributed by atoms with Crippen LogP contribution in [0.15, 0.2) is 24.3 Å². The first-order chi connectivity index (χ1) is 10.2. The van der Waals surface area contributed by atoms with E-state index in [2.05, 4.69) is 5.32 Å². The summed E-state index contributed by atoms with van der Waals surface area (Å²) in [5, 5.41) is 23.3. The van der Waals surface area contributed by atoms with Crippen molar-refractivity contribution >= 4 is 27.4 Å². The lowest BCUT2D eigenvalue weighted by Crippen LogP contribution is -2.33. The second-order valence-electron chi connectivity index (χ2n) is 5.57. The molecule has 2 aromatic rings. The number of carbonyl (C=O) groups is 1. The molecule has 0 aliphatic heterocycles. The van der Waals surface area contributed by atoms with Crippen LogP contribution in [-0.2, 0) is 6.54 Å². The lowest BCUT2D eigenvalue weighted by molar-refractivity contribution is 0.0701. The van der Waals surface area contributed by atoms with Gasteiger partial charge >= 0.3 is 5.97 Å². The standard InChI is InChI=1S/C16H19NO3S/c18-9-10-4-3-6-13(10)17-8-12-11-5-1-2-7-14(11)21-15(12)16(19)20/h1-2,5,7,10,13,17-18H,3-4,6,8-9H2,(H,19,20). The van der Waals surface area contributed by atoms with E-state index in [9.17, 15) is 15.0 Å². The summed E-state index contributed by atoms with van der Waals surface area (Å²) < 4.78 is 1.01. The van der Waals surface area contributed by atoms with Gasteiger partial charge in [0.2, 0.25) is 0 Å². The van der Waals surface area contributed by atoms with Crippen molar-refractivity contribution < 1.29 is 15.0 Å². The van der Waals surface area contributed by atoms with Crippen molar-refractivity contribution in [3.8, 4) is 0 Å². The maximum Gasteiger partial charge on any atom is 0.346 e. The molecule has 1 aromatic heterocycles. The summed E-state index contributed by atoms with van der Waals surface area (Å²) in [6, 6.07) is 8.10. The highest BCUT2D eigenvalue weighted by Gasteiger charge is 2.27. The third-order valence-corrected chi connectivity index (χ3v) is 5.53. The number of rotatable bonds is 5. The maximum absolute atomic E-state index is 11.5. The minimum absolute atomic E-state index is 0.202. The van der Waals surface area contributed by atoms with E-state index >= 15 is 0 Å². The highest BCUT2D eigenvalue weighted by atomic mass is 32.1. The number of hydrogen-bond acceptors (Lipinski definition) is 4. The van der Waals surface area contributed by atoms with E-state index in [1.165, 1.54) is 11.3 Å². The van der Waals surface area contributed by atoms with Crippen LogP contribution in [0.25, 0.3) is 10.1 Å². The molecule has 21 heavy (non-hydrogen) atoms. The van der Waals surface area contributed by atoms with Crippen molar-refractivity contribution in [3.63, 3.8) is 0 Å². The molecule has 1 aromatic carbocycles. The van der Waals surface area contributed by atoms with Gasteiger partial charge in [0.1, 0.15) is 4.88 Å². The number of aliphatic hydroxyl groups excluding tert-OH is 1. The van der Waals surface area contributed by atoms with E-state index in [1.807, 2.05) is 24.3 Å². The molecule has 1 fully saturated rings. The van der Waals surface area contributed by atoms with E-state index < -0.39 is 5.97 Å². The largest absolute Gasteiger partial charge is 0.477 e. The van der Waals surface area contributed by atoms with Gasteiger partial charge in [0, 0.05) is 23.9 Å². The second kappa shape index (κ2) is 6.13. The second-order valence-corrected chi connectivity index (χ2v) is 6.62. The Bertz CT molecular complexity index is 652.